The highest BCUT2D eigenvalue weighted by molar-refractivity contribution is 14.1. The highest BCUT2D eigenvalue weighted by Crippen LogP contribution is 2.33. The van der Waals surface area contributed by atoms with Gasteiger partial charge in [-0.2, -0.15) is 0 Å². The molecule has 2 aromatic rings. The van der Waals surface area contributed by atoms with E-state index in [-0.39, 0.29) is 0 Å². The minimum Gasteiger partial charge on any atom is -0.455 e. The number of benzene rings is 2. The molecule has 88 valence electrons. The van der Waals surface area contributed by atoms with Gasteiger partial charge in [-0.1, -0.05) is 23.2 Å². The molecule has 0 saturated carbocycles. The minimum atomic E-state index is 0.650. The van der Waals surface area contributed by atoms with Crippen molar-refractivity contribution in [2.45, 2.75) is 0 Å². The molecule has 2 rings (SSSR count). The molecule has 0 N–H and O–H groups in total. The summed E-state index contributed by atoms with van der Waals surface area (Å²) in [6.07, 6.45) is 0. The zero-order valence-electron chi connectivity index (χ0n) is 8.38. The Labute approximate surface area is 137 Å². The van der Waals surface area contributed by atoms with Crippen LogP contribution in [0.25, 0.3) is 0 Å². The van der Waals surface area contributed by atoms with Crippen molar-refractivity contribution >= 4 is 68.4 Å². The van der Waals surface area contributed by atoms with Gasteiger partial charge in [-0.3, -0.25) is 0 Å². The summed E-state index contributed by atoms with van der Waals surface area (Å²) in [5.74, 6) is 1.47. The molecule has 0 aromatic heterocycles. The average molecular weight is 491 g/mol. The SMILES string of the molecule is Clc1ccc(I)c(Oc2cc(Cl)ccc2I)c1. The van der Waals surface area contributed by atoms with Crippen LogP contribution >= 0.6 is 68.4 Å². The summed E-state index contributed by atoms with van der Waals surface area (Å²) in [6, 6.07) is 11.1. The van der Waals surface area contributed by atoms with Crippen LogP contribution in [0.15, 0.2) is 36.4 Å². The van der Waals surface area contributed by atoms with Crippen molar-refractivity contribution in [3.8, 4) is 11.5 Å². The lowest BCUT2D eigenvalue weighted by atomic mass is 10.3. The number of rotatable bonds is 2. The van der Waals surface area contributed by atoms with Crippen molar-refractivity contribution in [1.82, 2.24) is 0 Å². The van der Waals surface area contributed by atoms with Crippen LogP contribution in [0.1, 0.15) is 0 Å². The maximum atomic E-state index is 5.94. The molecule has 0 aliphatic rings. The summed E-state index contributed by atoms with van der Waals surface area (Å²) in [4.78, 5) is 0. The van der Waals surface area contributed by atoms with Crippen LogP contribution in [0.2, 0.25) is 10.0 Å². The molecule has 0 spiro atoms. The van der Waals surface area contributed by atoms with E-state index in [2.05, 4.69) is 45.2 Å². The van der Waals surface area contributed by atoms with Crippen molar-refractivity contribution in [2.75, 3.05) is 0 Å². The molecule has 0 aliphatic heterocycles. The predicted octanol–water partition coefficient (Wildman–Crippen LogP) is 5.99. The van der Waals surface area contributed by atoms with E-state index in [0.717, 1.165) is 18.6 Å². The van der Waals surface area contributed by atoms with Crippen LogP contribution in [-0.2, 0) is 0 Å². The average Bonchev–Trinajstić information content (AvgIpc) is 2.28. The summed E-state index contributed by atoms with van der Waals surface area (Å²) >= 11 is 16.3. The Bertz CT molecular complexity index is 509. The zero-order valence-corrected chi connectivity index (χ0v) is 14.2. The van der Waals surface area contributed by atoms with Gasteiger partial charge in [0.15, 0.2) is 0 Å². The van der Waals surface area contributed by atoms with Crippen molar-refractivity contribution in [1.29, 1.82) is 0 Å². The van der Waals surface area contributed by atoms with Crippen molar-refractivity contribution in [3.05, 3.63) is 53.6 Å². The molecule has 0 atom stereocenters. The molecular weight excluding hydrogens is 485 g/mol. The standard InChI is InChI=1S/C12H6Cl2I2O/c13-7-1-3-9(15)11(5-7)17-12-6-8(14)2-4-10(12)16/h1-6H. The number of hydrogen-bond donors (Lipinski definition) is 0. The second kappa shape index (κ2) is 5.95. The van der Waals surface area contributed by atoms with E-state index in [9.17, 15) is 0 Å². The van der Waals surface area contributed by atoms with Gasteiger partial charge in [-0.25, -0.2) is 0 Å². The third-order valence-electron chi connectivity index (χ3n) is 2.01. The van der Waals surface area contributed by atoms with Crippen molar-refractivity contribution in [2.24, 2.45) is 0 Å². The van der Waals surface area contributed by atoms with Gasteiger partial charge >= 0.3 is 0 Å². The van der Waals surface area contributed by atoms with Crippen LogP contribution in [0.5, 0.6) is 11.5 Å². The van der Waals surface area contributed by atoms with Gasteiger partial charge in [0.25, 0.3) is 0 Å². The van der Waals surface area contributed by atoms with Crippen molar-refractivity contribution < 1.29 is 4.74 Å². The lowest BCUT2D eigenvalue weighted by Gasteiger charge is -2.10. The molecule has 1 nitrogen and oxygen atoms in total. The fourth-order valence-corrected chi connectivity index (χ4v) is 2.44. The zero-order chi connectivity index (χ0) is 12.4. The van der Waals surface area contributed by atoms with Gasteiger partial charge in [0, 0.05) is 22.2 Å². The largest absolute Gasteiger partial charge is 0.455 e. The maximum absolute atomic E-state index is 5.94. The Morgan fingerprint density at radius 3 is 1.59 bits per heavy atom. The Balaban J connectivity index is 2.37. The van der Waals surface area contributed by atoms with Gasteiger partial charge in [-0.15, -0.1) is 0 Å². The quantitative estimate of drug-likeness (QED) is 0.470. The van der Waals surface area contributed by atoms with E-state index in [1.54, 1.807) is 12.1 Å². The van der Waals surface area contributed by atoms with E-state index >= 15 is 0 Å². The van der Waals surface area contributed by atoms with Gasteiger partial charge in [0.2, 0.25) is 0 Å². The summed E-state index contributed by atoms with van der Waals surface area (Å²) in [7, 11) is 0. The Morgan fingerprint density at radius 1 is 0.765 bits per heavy atom. The summed E-state index contributed by atoms with van der Waals surface area (Å²) in [5.41, 5.74) is 0. The lowest BCUT2D eigenvalue weighted by Crippen LogP contribution is -1.90. The molecule has 0 unspecified atom stereocenters. The third kappa shape index (κ3) is 3.62. The Morgan fingerprint density at radius 2 is 1.18 bits per heavy atom. The highest BCUT2D eigenvalue weighted by atomic mass is 127. The first-order valence-electron chi connectivity index (χ1n) is 4.64. The van der Waals surface area contributed by atoms with Crippen molar-refractivity contribution in [3.63, 3.8) is 0 Å². The Kier molecular flexibility index (Phi) is 4.80. The molecular formula is C12H6Cl2I2O. The molecule has 17 heavy (non-hydrogen) atoms. The van der Waals surface area contributed by atoms with Crippen LogP contribution in [-0.4, -0.2) is 0 Å². The second-order valence-corrected chi connectivity index (χ2v) is 6.45. The maximum Gasteiger partial charge on any atom is 0.142 e. The molecule has 0 bridgehead atoms. The summed E-state index contributed by atoms with van der Waals surface area (Å²) < 4.78 is 7.82. The Hall–Kier alpha value is 0.280. The monoisotopic (exact) mass is 490 g/mol. The fraction of sp³-hybridized carbons (Fsp3) is 0. The molecule has 0 aliphatic carbocycles. The van der Waals surface area contributed by atoms with Crippen LogP contribution in [0, 0.1) is 7.14 Å². The predicted molar refractivity (Wildman–Crippen MR) is 88.4 cm³/mol. The van der Waals surface area contributed by atoms with Crippen LogP contribution < -0.4 is 4.74 Å². The van der Waals surface area contributed by atoms with Gasteiger partial charge < -0.3 is 4.74 Å². The second-order valence-electron chi connectivity index (χ2n) is 3.25. The van der Waals surface area contributed by atoms with Gasteiger partial charge in [-0.05, 0) is 69.4 Å². The van der Waals surface area contributed by atoms with E-state index in [1.807, 2.05) is 24.3 Å². The molecule has 2 aromatic carbocycles. The molecule has 0 radical (unpaired) electrons. The molecule has 0 amide bonds. The first-order chi connectivity index (χ1) is 8.06. The minimum absolute atomic E-state index is 0.650. The van der Waals surface area contributed by atoms with E-state index in [4.69, 9.17) is 27.9 Å². The highest BCUT2D eigenvalue weighted by Gasteiger charge is 2.07. The smallest absolute Gasteiger partial charge is 0.142 e. The normalized spacial score (nSPS) is 10.4. The number of halogens is 4. The molecule has 0 saturated heterocycles. The van der Waals surface area contributed by atoms with Gasteiger partial charge in [0.1, 0.15) is 11.5 Å². The lowest BCUT2D eigenvalue weighted by molar-refractivity contribution is 0.476. The third-order valence-corrected chi connectivity index (χ3v) is 4.26. The van der Waals surface area contributed by atoms with Gasteiger partial charge in [0.05, 0.1) is 7.14 Å². The summed E-state index contributed by atoms with van der Waals surface area (Å²) in [6.45, 7) is 0. The molecule has 5 heteroatoms. The first-order valence-corrected chi connectivity index (χ1v) is 7.55. The number of ether oxygens (including phenoxy) is 1. The van der Waals surface area contributed by atoms with Crippen LogP contribution in [0.3, 0.4) is 0 Å². The van der Waals surface area contributed by atoms with E-state index in [1.165, 1.54) is 0 Å². The topological polar surface area (TPSA) is 9.23 Å². The van der Waals surface area contributed by atoms with E-state index in [0.29, 0.717) is 10.0 Å². The van der Waals surface area contributed by atoms with E-state index < -0.39 is 0 Å². The first kappa shape index (κ1) is 13.7. The van der Waals surface area contributed by atoms with Crippen LogP contribution in [0.4, 0.5) is 0 Å². The fourth-order valence-electron chi connectivity index (χ4n) is 1.23. The number of hydrogen-bond acceptors (Lipinski definition) is 1. The molecule has 0 fully saturated rings. The summed E-state index contributed by atoms with van der Waals surface area (Å²) in [5, 5.41) is 1.30. The molecule has 0 heterocycles.